The van der Waals surface area contributed by atoms with Gasteiger partial charge in [-0.1, -0.05) is 13.8 Å². The number of aromatic amines is 1. The molecule has 1 aromatic heterocycles. The molecule has 0 radical (unpaired) electrons. The van der Waals surface area contributed by atoms with Crippen LogP contribution in [-0.4, -0.2) is 4.98 Å². The van der Waals surface area contributed by atoms with E-state index in [1.807, 2.05) is 0 Å². The lowest BCUT2D eigenvalue weighted by atomic mass is 9.79. The molecule has 0 saturated heterocycles. The second-order valence-electron chi connectivity index (χ2n) is 5.08. The Morgan fingerprint density at radius 1 is 1.43 bits per heavy atom. The maximum atomic E-state index is 3.61. The summed E-state index contributed by atoms with van der Waals surface area (Å²) in [5, 5.41) is 3.61. The van der Waals surface area contributed by atoms with Crippen LogP contribution in [0.4, 0.5) is 0 Å². The van der Waals surface area contributed by atoms with E-state index in [9.17, 15) is 0 Å². The molecular weight excluding hydrogens is 172 g/mol. The molecule has 0 aromatic carbocycles. The molecule has 1 aromatic rings. The van der Waals surface area contributed by atoms with Crippen molar-refractivity contribution in [3.8, 4) is 0 Å². The third kappa shape index (κ3) is 1.07. The molecule has 0 spiro atoms. The van der Waals surface area contributed by atoms with E-state index in [0.29, 0.717) is 6.04 Å². The predicted octanol–water partition coefficient (Wildman–Crippen LogP) is 2.38. The fourth-order valence-corrected chi connectivity index (χ4v) is 2.97. The van der Waals surface area contributed by atoms with Gasteiger partial charge in [0, 0.05) is 24.5 Å². The lowest BCUT2D eigenvalue weighted by molar-refractivity contribution is 0.295. The van der Waals surface area contributed by atoms with Crippen LogP contribution in [0.1, 0.15) is 43.1 Å². The van der Waals surface area contributed by atoms with Crippen LogP contribution >= 0.6 is 0 Å². The molecule has 3 rings (SSSR count). The lowest BCUT2D eigenvalue weighted by Crippen LogP contribution is -2.26. The van der Waals surface area contributed by atoms with Crippen molar-refractivity contribution in [3.05, 3.63) is 23.0 Å². The first kappa shape index (κ1) is 8.54. The highest BCUT2D eigenvalue weighted by molar-refractivity contribution is 5.39. The zero-order chi connectivity index (χ0) is 9.71. The van der Waals surface area contributed by atoms with Crippen LogP contribution in [0.5, 0.6) is 0 Å². The average Bonchev–Trinajstić information content (AvgIpc) is 2.74. The SMILES string of the molecule is CC(C)C1Cc2[nH]cc3c2C(C1)NC3. The Labute approximate surface area is 85.1 Å². The summed E-state index contributed by atoms with van der Waals surface area (Å²) in [4.78, 5) is 3.45. The maximum Gasteiger partial charge on any atom is 0.0347 e. The average molecular weight is 190 g/mol. The molecule has 2 aliphatic rings. The highest BCUT2D eigenvalue weighted by atomic mass is 15.0. The fraction of sp³-hybridized carbons (Fsp3) is 0.667. The summed E-state index contributed by atoms with van der Waals surface area (Å²) in [5.74, 6) is 1.65. The standard InChI is InChI=1S/C12H18N2/c1-7(2)8-3-10-12-9(5-13-10)6-14-11(12)4-8/h5,7-8,11,13-14H,3-4,6H2,1-2H3. The predicted molar refractivity (Wildman–Crippen MR) is 57.0 cm³/mol. The van der Waals surface area contributed by atoms with E-state index < -0.39 is 0 Å². The van der Waals surface area contributed by atoms with Crippen molar-refractivity contribution >= 4 is 0 Å². The van der Waals surface area contributed by atoms with Crippen molar-refractivity contribution in [2.24, 2.45) is 11.8 Å². The minimum absolute atomic E-state index is 0.646. The molecule has 2 nitrogen and oxygen atoms in total. The van der Waals surface area contributed by atoms with Crippen molar-refractivity contribution < 1.29 is 0 Å². The van der Waals surface area contributed by atoms with Gasteiger partial charge in [0.25, 0.3) is 0 Å². The summed E-state index contributed by atoms with van der Waals surface area (Å²) < 4.78 is 0. The zero-order valence-electron chi connectivity index (χ0n) is 8.93. The molecule has 2 atom stereocenters. The highest BCUT2D eigenvalue weighted by Gasteiger charge is 2.34. The zero-order valence-corrected chi connectivity index (χ0v) is 8.93. The minimum Gasteiger partial charge on any atom is -0.364 e. The number of rotatable bonds is 1. The Balaban J connectivity index is 1.97. The van der Waals surface area contributed by atoms with Gasteiger partial charge in [-0.2, -0.15) is 0 Å². The molecule has 0 amide bonds. The van der Waals surface area contributed by atoms with Gasteiger partial charge in [0.2, 0.25) is 0 Å². The number of hydrogen-bond donors (Lipinski definition) is 2. The van der Waals surface area contributed by atoms with Crippen molar-refractivity contribution in [2.75, 3.05) is 0 Å². The molecule has 0 saturated carbocycles. The molecule has 1 aliphatic carbocycles. The summed E-state index contributed by atoms with van der Waals surface area (Å²) in [6.07, 6.45) is 4.78. The quantitative estimate of drug-likeness (QED) is 0.699. The van der Waals surface area contributed by atoms with Gasteiger partial charge in [0.05, 0.1) is 0 Å². The molecule has 2 heterocycles. The van der Waals surface area contributed by atoms with Gasteiger partial charge in [0.1, 0.15) is 0 Å². The lowest BCUT2D eigenvalue weighted by Gasteiger charge is -2.30. The maximum absolute atomic E-state index is 3.61. The molecular formula is C12H18N2. The van der Waals surface area contributed by atoms with Crippen LogP contribution < -0.4 is 5.32 Å². The summed E-state index contributed by atoms with van der Waals surface area (Å²) >= 11 is 0. The first-order valence-corrected chi connectivity index (χ1v) is 5.68. The van der Waals surface area contributed by atoms with Gasteiger partial charge in [-0.3, -0.25) is 0 Å². The summed E-state index contributed by atoms with van der Waals surface area (Å²) in [5.41, 5.74) is 4.61. The van der Waals surface area contributed by atoms with E-state index in [1.54, 1.807) is 5.56 Å². The second-order valence-corrected chi connectivity index (χ2v) is 5.08. The largest absolute Gasteiger partial charge is 0.364 e. The molecule has 2 heteroatoms. The van der Waals surface area contributed by atoms with Crippen LogP contribution in [0.15, 0.2) is 6.20 Å². The number of H-pyrrole nitrogens is 1. The first-order valence-electron chi connectivity index (χ1n) is 5.68. The van der Waals surface area contributed by atoms with Gasteiger partial charge >= 0.3 is 0 Å². The first-order chi connectivity index (χ1) is 6.75. The minimum atomic E-state index is 0.646. The number of aromatic nitrogens is 1. The van der Waals surface area contributed by atoms with Gasteiger partial charge in [0.15, 0.2) is 0 Å². The van der Waals surface area contributed by atoms with Crippen LogP contribution in [0.2, 0.25) is 0 Å². The Morgan fingerprint density at radius 3 is 3.07 bits per heavy atom. The van der Waals surface area contributed by atoms with Crippen molar-refractivity contribution in [1.82, 2.24) is 10.3 Å². The van der Waals surface area contributed by atoms with E-state index in [-0.39, 0.29) is 0 Å². The Bertz CT molecular complexity index is 351. The van der Waals surface area contributed by atoms with E-state index in [0.717, 1.165) is 18.4 Å². The summed E-state index contributed by atoms with van der Waals surface area (Å²) in [6.45, 7) is 5.75. The Morgan fingerprint density at radius 2 is 2.29 bits per heavy atom. The Hall–Kier alpha value is -0.760. The molecule has 1 aliphatic heterocycles. The van der Waals surface area contributed by atoms with Crippen molar-refractivity contribution in [3.63, 3.8) is 0 Å². The van der Waals surface area contributed by atoms with Crippen LogP contribution in [-0.2, 0) is 13.0 Å². The molecule has 76 valence electrons. The van der Waals surface area contributed by atoms with Crippen molar-refractivity contribution in [1.29, 1.82) is 0 Å². The molecule has 0 fully saturated rings. The van der Waals surface area contributed by atoms with Gasteiger partial charge in [-0.25, -0.2) is 0 Å². The highest BCUT2D eigenvalue weighted by Crippen LogP contribution is 2.41. The Kier molecular flexibility index (Phi) is 1.75. The van der Waals surface area contributed by atoms with Crippen LogP contribution in [0, 0.1) is 11.8 Å². The van der Waals surface area contributed by atoms with Crippen LogP contribution in [0.3, 0.4) is 0 Å². The fourth-order valence-electron chi connectivity index (χ4n) is 2.97. The van der Waals surface area contributed by atoms with Gasteiger partial charge in [-0.15, -0.1) is 0 Å². The normalized spacial score (nSPS) is 29.6. The third-order valence-electron chi connectivity index (χ3n) is 3.93. The van der Waals surface area contributed by atoms with E-state index in [1.165, 1.54) is 24.1 Å². The number of nitrogens with one attached hydrogen (secondary N) is 2. The van der Waals surface area contributed by atoms with Gasteiger partial charge in [-0.05, 0) is 35.8 Å². The van der Waals surface area contributed by atoms with Gasteiger partial charge < -0.3 is 10.3 Å². The topological polar surface area (TPSA) is 27.8 Å². The molecule has 14 heavy (non-hydrogen) atoms. The van der Waals surface area contributed by atoms with Crippen molar-refractivity contribution in [2.45, 2.75) is 39.3 Å². The monoisotopic (exact) mass is 190 g/mol. The molecule has 2 unspecified atom stereocenters. The summed E-state index contributed by atoms with van der Waals surface area (Å²) in [7, 11) is 0. The molecule has 0 bridgehead atoms. The summed E-state index contributed by atoms with van der Waals surface area (Å²) in [6, 6.07) is 0.646. The van der Waals surface area contributed by atoms with E-state index in [2.05, 4.69) is 30.3 Å². The number of hydrogen-bond acceptors (Lipinski definition) is 1. The van der Waals surface area contributed by atoms with E-state index >= 15 is 0 Å². The third-order valence-corrected chi connectivity index (χ3v) is 3.93. The second kappa shape index (κ2) is 2.86. The smallest absolute Gasteiger partial charge is 0.0347 e. The molecule has 2 N–H and O–H groups in total. The van der Waals surface area contributed by atoms with E-state index in [4.69, 9.17) is 0 Å². The van der Waals surface area contributed by atoms with Crippen LogP contribution in [0.25, 0.3) is 0 Å².